The van der Waals surface area contributed by atoms with Crippen molar-refractivity contribution in [2.75, 3.05) is 5.75 Å². The minimum Gasteiger partial charge on any atom is -0.618 e. The Hall–Kier alpha value is -3.72. The number of hydrogen-bond donors (Lipinski definition) is 1. The van der Waals surface area contributed by atoms with Gasteiger partial charge >= 0.3 is 5.91 Å². The summed E-state index contributed by atoms with van der Waals surface area (Å²) in [6, 6.07) is 15.7. The summed E-state index contributed by atoms with van der Waals surface area (Å²) in [7, 11) is -3.35. The molecule has 32 heavy (non-hydrogen) atoms. The first-order valence-electron chi connectivity index (χ1n) is 9.73. The highest BCUT2D eigenvalue weighted by atomic mass is 32.2. The molecule has 2 aromatic carbocycles. The normalized spacial score (nSPS) is 16.6. The molecule has 164 valence electrons. The Morgan fingerprint density at radius 3 is 2.59 bits per heavy atom. The predicted molar refractivity (Wildman–Crippen MR) is 116 cm³/mol. The van der Waals surface area contributed by atoms with Crippen LogP contribution in [0.2, 0.25) is 0 Å². The van der Waals surface area contributed by atoms with Crippen LogP contribution in [0.3, 0.4) is 0 Å². The lowest BCUT2D eigenvalue weighted by molar-refractivity contribution is -0.607. The lowest BCUT2D eigenvalue weighted by Gasteiger charge is -2.14. The third kappa shape index (κ3) is 4.78. The number of pyridine rings is 1. The van der Waals surface area contributed by atoms with E-state index in [-0.39, 0.29) is 34.9 Å². The molecule has 9 heteroatoms. The molecule has 0 aliphatic carbocycles. The summed E-state index contributed by atoms with van der Waals surface area (Å²) < 4.78 is 43.7. The number of hydrogen-bond acceptors (Lipinski definition) is 5. The number of aromatic nitrogens is 1. The summed E-state index contributed by atoms with van der Waals surface area (Å²) in [6.07, 6.45) is 2.44. The molecule has 1 aliphatic heterocycles. The Morgan fingerprint density at radius 2 is 1.91 bits per heavy atom. The van der Waals surface area contributed by atoms with E-state index in [1.807, 2.05) is 30.3 Å². The number of amides is 1. The van der Waals surface area contributed by atoms with E-state index in [0.29, 0.717) is 4.73 Å². The summed E-state index contributed by atoms with van der Waals surface area (Å²) in [4.78, 5) is 12.4. The van der Waals surface area contributed by atoms with E-state index in [4.69, 9.17) is 4.74 Å². The van der Waals surface area contributed by atoms with Gasteiger partial charge in [0, 0.05) is 11.5 Å². The van der Waals surface area contributed by atoms with Crippen molar-refractivity contribution in [3.8, 4) is 16.9 Å². The van der Waals surface area contributed by atoms with Crippen molar-refractivity contribution in [3.05, 3.63) is 101 Å². The summed E-state index contributed by atoms with van der Waals surface area (Å²) >= 11 is 0. The number of rotatable bonds is 6. The number of nitrogens with zero attached hydrogens (tertiary/aromatic N) is 1. The average Bonchev–Trinajstić information content (AvgIpc) is 3.10. The van der Waals surface area contributed by atoms with Crippen molar-refractivity contribution in [3.63, 3.8) is 0 Å². The summed E-state index contributed by atoms with van der Waals surface area (Å²) in [5.41, 5.74) is 0.997. The molecule has 0 radical (unpaired) electrons. The number of benzene rings is 2. The molecule has 2 heterocycles. The van der Waals surface area contributed by atoms with Gasteiger partial charge in [-0.25, -0.2) is 12.8 Å². The second-order valence-electron chi connectivity index (χ2n) is 7.25. The third-order valence-corrected chi connectivity index (χ3v) is 6.29. The van der Waals surface area contributed by atoms with Crippen LogP contribution >= 0.6 is 0 Å². The summed E-state index contributed by atoms with van der Waals surface area (Å²) in [5, 5.41) is 16.0. The van der Waals surface area contributed by atoms with Gasteiger partial charge in [0.15, 0.2) is 16.0 Å². The molecule has 0 saturated carbocycles. The lowest BCUT2D eigenvalue weighted by Crippen LogP contribution is -2.43. The van der Waals surface area contributed by atoms with Gasteiger partial charge in [-0.2, -0.15) is 4.73 Å². The predicted octanol–water partition coefficient (Wildman–Crippen LogP) is 2.75. The van der Waals surface area contributed by atoms with Gasteiger partial charge in [-0.3, -0.25) is 4.79 Å². The number of carbonyl (C=O) groups excluding carboxylic acids is 1. The smallest absolute Gasteiger partial charge is 0.317 e. The molecular formula is C23H19FN2O5S. The monoisotopic (exact) mass is 454 g/mol. The van der Waals surface area contributed by atoms with Crippen molar-refractivity contribution in [1.82, 2.24) is 5.32 Å². The quantitative estimate of drug-likeness (QED) is 0.456. The standard InChI is InChI=1S/C23H19FN2O5S/c24-19-7-4-8-21(31-14-16-5-2-1-3-6-16)22(19)17-9-10-20(26(28)13-17)23(27)25-18-11-12-32(29,30)15-18/h1-13,18H,14-15H2,(H,25,27)/t18-/m1/s1. The number of carbonyl (C=O) groups is 1. The molecule has 0 saturated heterocycles. The van der Waals surface area contributed by atoms with E-state index in [2.05, 4.69) is 5.32 Å². The van der Waals surface area contributed by atoms with E-state index in [1.54, 1.807) is 6.07 Å². The number of halogens is 1. The maximum Gasteiger partial charge on any atom is 0.317 e. The SMILES string of the molecule is O=C(N[C@@H]1C=CS(=O)(=O)C1)c1ccc(-c2c(F)cccc2OCc2ccccc2)c[n+]1[O-]. The molecule has 0 spiro atoms. The molecule has 1 aromatic heterocycles. The molecule has 7 nitrogen and oxygen atoms in total. The van der Waals surface area contributed by atoms with Gasteiger partial charge < -0.3 is 15.3 Å². The molecule has 1 amide bonds. The highest BCUT2D eigenvalue weighted by Gasteiger charge is 2.26. The molecule has 1 N–H and O–H groups in total. The van der Waals surface area contributed by atoms with Gasteiger partial charge in [0.1, 0.15) is 18.2 Å². The molecular weight excluding hydrogens is 435 g/mol. The molecule has 1 atom stereocenters. The maximum absolute atomic E-state index is 14.7. The molecule has 0 bridgehead atoms. The maximum atomic E-state index is 14.7. The van der Waals surface area contributed by atoms with E-state index in [0.717, 1.165) is 17.2 Å². The lowest BCUT2D eigenvalue weighted by atomic mass is 10.1. The fourth-order valence-corrected chi connectivity index (χ4v) is 4.59. The number of sulfone groups is 1. The summed E-state index contributed by atoms with van der Waals surface area (Å²) in [6.45, 7) is 0.215. The van der Waals surface area contributed by atoms with Gasteiger partial charge in [0.2, 0.25) is 0 Å². The van der Waals surface area contributed by atoms with Gasteiger partial charge in [-0.15, -0.1) is 0 Å². The molecule has 0 fully saturated rings. The van der Waals surface area contributed by atoms with Crippen LogP contribution in [0.25, 0.3) is 11.1 Å². The topological polar surface area (TPSA) is 99.4 Å². The molecule has 4 rings (SSSR count). The Labute approximate surface area is 184 Å². The zero-order valence-corrected chi connectivity index (χ0v) is 17.6. The largest absolute Gasteiger partial charge is 0.618 e. The Kier molecular flexibility index (Phi) is 5.91. The van der Waals surface area contributed by atoms with E-state index < -0.39 is 27.6 Å². The number of nitrogens with one attached hydrogen (secondary N) is 1. The van der Waals surface area contributed by atoms with Gasteiger partial charge in [-0.1, -0.05) is 36.4 Å². The van der Waals surface area contributed by atoms with Crippen molar-refractivity contribution in [2.45, 2.75) is 12.6 Å². The minimum absolute atomic E-state index is 0.102. The first kappa shape index (κ1) is 21.5. The van der Waals surface area contributed by atoms with Crippen molar-refractivity contribution < 1.29 is 27.1 Å². The van der Waals surface area contributed by atoms with Crippen LogP contribution in [0.5, 0.6) is 5.75 Å². The zero-order valence-electron chi connectivity index (χ0n) is 16.8. The first-order chi connectivity index (χ1) is 15.3. The van der Waals surface area contributed by atoms with Crippen LogP contribution in [-0.2, 0) is 16.4 Å². The number of ether oxygens (including phenoxy) is 1. The van der Waals surface area contributed by atoms with Crippen LogP contribution in [0.4, 0.5) is 4.39 Å². The van der Waals surface area contributed by atoms with E-state index in [9.17, 15) is 22.8 Å². The zero-order chi connectivity index (χ0) is 22.7. The van der Waals surface area contributed by atoms with Crippen LogP contribution in [-0.4, -0.2) is 26.1 Å². The van der Waals surface area contributed by atoms with E-state index in [1.165, 1.54) is 30.3 Å². The highest BCUT2D eigenvalue weighted by Crippen LogP contribution is 2.32. The van der Waals surface area contributed by atoms with E-state index >= 15 is 0 Å². The Morgan fingerprint density at radius 1 is 1.12 bits per heavy atom. The van der Waals surface area contributed by atoms with Crippen LogP contribution in [0.15, 0.2) is 78.3 Å². The molecule has 3 aromatic rings. The fourth-order valence-electron chi connectivity index (χ4n) is 3.35. The van der Waals surface area contributed by atoms with Crippen LogP contribution < -0.4 is 14.8 Å². The third-order valence-electron chi connectivity index (χ3n) is 4.89. The second kappa shape index (κ2) is 8.80. The van der Waals surface area contributed by atoms with Crippen LogP contribution in [0, 0.1) is 11.0 Å². The van der Waals surface area contributed by atoms with Gasteiger partial charge in [0.25, 0.3) is 5.69 Å². The Balaban J connectivity index is 1.56. The van der Waals surface area contributed by atoms with Crippen LogP contribution in [0.1, 0.15) is 16.1 Å². The summed E-state index contributed by atoms with van der Waals surface area (Å²) in [5.74, 6) is -1.30. The van der Waals surface area contributed by atoms with Crippen molar-refractivity contribution in [1.29, 1.82) is 0 Å². The fraction of sp³-hybridized carbons (Fsp3) is 0.130. The highest BCUT2D eigenvalue weighted by molar-refractivity contribution is 7.94. The van der Waals surface area contributed by atoms with Crippen molar-refractivity contribution >= 4 is 15.7 Å². The molecule has 1 aliphatic rings. The average molecular weight is 454 g/mol. The first-order valence-corrected chi connectivity index (χ1v) is 11.4. The van der Waals surface area contributed by atoms with Gasteiger partial charge in [0.05, 0.1) is 22.9 Å². The Bertz CT molecular complexity index is 1290. The second-order valence-corrected chi connectivity index (χ2v) is 9.19. The van der Waals surface area contributed by atoms with Crippen molar-refractivity contribution in [2.24, 2.45) is 0 Å². The van der Waals surface area contributed by atoms with Gasteiger partial charge in [-0.05, 0) is 29.8 Å². The minimum atomic E-state index is -3.35. The molecule has 0 unspecified atom stereocenters.